The molecule has 0 unspecified atom stereocenters. The van der Waals surface area contributed by atoms with Crippen molar-refractivity contribution in [2.45, 2.75) is 10.6 Å². The second kappa shape index (κ2) is 6.49. The van der Waals surface area contributed by atoms with Crippen LogP contribution in [0.15, 0.2) is 70.0 Å². The zero-order valence-electron chi connectivity index (χ0n) is 11.6. The Morgan fingerprint density at radius 2 is 1.68 bits per heavy atom. The van der Waals surface area contributed by atoms with Crippen molar-refractivity contribution in [2.24, 2.45) is 0 Å². The molecule has 22 heavy (non-hydrogen) atoms. The summed E-state index contributed by atoms with van der Waals surface area (Å²) in [7, 11) is 0. The van der Waals surface area contributed by atoms with Gasteiger partial charge in [-0.3, -0.25) is 0 Å². The highest BCUT2D eigenvalue weighted by Crippen LogP contribution is 2.28. The van der Waals surface area contributed by atoms with Crippen LogP contribution in [0, 0.1) is 0 Å². The van der Waals surface area contributed by atoms with Crippen molar-refractivity contribution < 1.29 is 14.3 Å². The van der Waals surface area contributed by atoms with Gasteiger partial charge in [-0.05, 0) is 24.3 Å². The van der Waals surface area contributed by atoms with Crippen molar-refractivity contribution in [3.8, 4) is 11.5 Å². The Morgan fingerprint density at radius 1 is 1.05 bits per heavy atom. The third-order valence-electron chi connectivity index (χ3n) is 3.03. The number of carboxylic acid groups (broad SMARTS) is 1. The molecule has 0 spiro atoms. The first kappa shape index (κ1) is 14.4. The van der Waals surface area contributed by atoms with E-state index in [1.807, 2.05) is 60.7 Å². The van der Waals surface area contributed by atoms with Crippen LogP contribution >= 0.6 is 11.8 Å². The number of hydrogen-bond acceptors (Lipinski definition) is 4. The average Bonchev–Trinajstić information content (AvgIpc) is 2.99. The summed E-state index contributed by atoms with van der Waals surface area (Å²) >= 11 is 1.52. The molecule has 3 rings (SSSR count). The fraction of sp³-hybridized carbons (Fsp3) is 0.0588. The third-order valence-corrected chi connectivity index (χ3v) is 4.05. The lowest BCUT2D eigenvalue weighted by atomic mass is 10.2. The lowest BCUT2D eigenvalue weighted by Crippen LogP contribution is -2.00. The first-order valence-corrected chi connectivity index (χ1v) is 7.69. The molecule has 0 atom stereocenters. The third kappa shape index (κ3) is 3.20. The van der Waals surface area contributed by atoms with E-state index in [9.17, 15) is 9.90 Å². The Hall–Kier alpha value is -2.53. The molecule has 0 radical (unpaired) electrons. The number of aromatic carboxylic acids is 1. The number of hydrogen-bond donors (Lipinski definition) is 1. The monoisotopic (exact) mass is 311 g/mol. The topological polar surface area (TPSA) is 63.3 Å². The van der Waals surface area contributed by atoms with E-state index in [2.05, 4.69) is 4.98 Å². The van der Waals surface area contributed by atoms with Gasteiger partial charge in [0.1, 0.15) is 5.76 Å². The van der Waals surface area contributed by atoms with Crippen molar-refractivity contribution in [3.05, 3.63) is 72.1 Å². The molecule has 0 aliphatic rings. The Bertz CT molecular complexity index is 769. The van der Waals surface area contributed by atoms with Crippen molar-refractivity contribution in [3.63, 3.8) is 0 Å². The van der Waals surface area contributed by atoms with Crippen LogP contribution in [0.2, 0.25) is 0 Å². The molecule has 110 valence electrons. The van der Waals surface area contributed by atoms with Gasteiger partial charge in [0, 0.05) is 10.5 Å². The van der Waals surface area contributed by atoms with Crippen LogP contribution in [-0.4, -0.2) is 16.1 Å². The first-order chi connectivity index (χ1) is 10.7. The molecule has 1 N–H and O–H groups in total. The highest BCUT2D eigenvalue weighted by atomic mass is 32.2. The molecule has 4 nitrogen and oxygen atoms in total. The van der Waals surface area contributed by atoms with Crippen molar-refractivity contribution in [1.29, 1.82) is 0 Å². The van der Waals surface area contributed by atoms with Crippen molar-refractivity contribution in [1.82, 2.24) is 4.98 Å². The predicted octanol–water partition coefficient (Wildman–Crippen LogP) is 4.33. The molecule has 2 aromatic carbocycles. The number of aromatic nitrogens is 1. The van der Waals surface area contributed by atoms with Crippen molar-refractivity contribution in [2.75, 3.05) is 0 Å². The zero-order valence-corrected chi connectivity index (χ0v) is 12.4. The summed E-state index contributed by atoms with van der Waals surface area (Å²) < 4.78 is 5.67. The quantitative estimate of drug-likeness (QED) is 0.710. The second-order valence-electron chi connectivity index (χ2n) is 4.56. The van der Waals surface area contributed by atoms with Crippen LogP contribution in [0.3, 0.4) is 0 Å². The van der Waals surface area contributed by atoms with Gasteiger partial charge < -0.3 is 9.52 Å². The number of thioether (sulfide) groups is 1. The molecule has 1 heterocycles. The van der Waals surface area contributed by atoms with Gasteiger partial charge in [0.25, 0.3) is 0 Å². The summed E-state index contributed by atoms with van der Waals surface area (Å²) in [5.41, 5.74) is 0.739. The summed E-state index contributed by atoms with van der Waals surface area (Å²) in [5.74, 6) is 0.0577. The van der Waals surface area contributed by atoms with E-state index in [0.717, 1.165) is 10.5 Å². The Morgan fingerprint density at radius 3 is 2.32 bits per heavy atom. The normalized spacial score (nSPS) is 10.5. The molecular weight excluding hydrogens is 298 g/mol. The van der Waals surface area contributed by atoms with Crippen LogP contribution in [0.4, 0.5) is 0 Å². The van der Waals surface area contributed by atoms with Gasteiger partial charge in [0.05, 0.1) is 5.75 Å². The van der Waals surface area contributed by atoms with E-state index in [0.29, 0.717) is 17.4 Å². The molecular formula is C17H13NO3S. The minimum absolute atomic E-state index is 0.0257. The van der Waals surface area contributed by atoms with Gasteiger partial charge in [-0.1, -0.05) is 36.4 Å². The number of nitrogens with zero attached hydrogens (tertiary/aromatic N) is 1. The minimum atomic E-state index is -1.07. The molecule has 1 aromatic heterocycles. The van der Waals surface area contributed by atoms with Crippen LogP contribution in [0.25, 0.3) is 11.5 Å². The Labute approximate surface area is 131 Å². The fourth-order valence-corrected chi connectivity index (χ4v) is 2.83. The molecule has 3 aromatic rings. The van der Waals surface area contributed by atoms with Crippen molar-refractivity contribution >= 4 is 17.7 Å². The van der Waals surface area contributed by atoms with Crippen LogP contribution in [0.5, 0.6) is 0 Å². The predicted molar refractivity (Wildman–Crippen MR) is 84.9 cm³/mol. The van der Waals surface area contributed by atoms with Crippen LogP contribution in [-0.2, 0) is 5.75 Å². The first-order valence-electron chi connectivity index (χ1n) is 6.70. The Kier molecular flexibility index (Phi) is 4.25. The summed E-state index contributed by atoms with van der Waals surface area (Å²) in [6, 6.07) is 19.0. The number of benzene rings is 2. The SMILES string of the molecule is O=C(O)c1nc(-c2ccccc2)oc1CSc1ccccc1. The minimum Gasteiger partial charge on any atom is -0.476 e. The van der Waals surface area contributed by atoms with E-state index in [4.69, 9.17) is 4.42 Å². The maximum Gasteiger partial charge on any atom is 0.358 e. The maximum absolute atomic E-state index is 11.3. The van der Waals surface area contributed by atoms with Gasteiger partial charge >= 0.3 is 5.97 Å². The lowest BCUT2D eigenvalue weighted by Gasteiger charge is -1.99. The van der Waals surface area contributed by atoms with Gasteiger partial charge in [-0.2, -0.15) is 0 Å². The summed E-state index contributed by atoms with van der Waals surface area (Å²) in [4.78, 5) is 16.5. The molecule has 0 aliphatic carbocycles. The number of carbonyl (C=O) groups is 1. The van der Waals surface area contributed by atoms with Gasteiger partial charge in [0.15, 0.2) is 5.69 Å². The highest BCUT2D eigenvalue weighted by Gasteiger charge is 2.20. The van der Waals surface area contributed by atoms with E-state index in [1.165, 1.54) is 11.8 Å². The second-order valence-corrected chi connectivity index (χ2v) is 5.61. The van der Waals surface area contributed by atoms with E-state index < -0.39 is 5.97 Å². The molecule has 5 heteroatoms. The number of oxazole rings is 1. The summed E-state index contributed by atoms with van der Waals surface area (Å²) in [6.45, 7) is 0. The molecule has 0 aliphatic heterocycles. The number of rotatable bonds is 5. The average molecular weight is 311 g/mol. The molecule has 0 saturated carbocycles. The van der Waals surface area contributed by atoms with Crippen LogP contribution in [0.1, 0.15) is 16.2 Å². The molecule has 0 bridgehead atoms. The molecule has 0 saturated heterocycles. The fourth-order valence-electron chi connectivity index (χ4n) is 1.99. The molecule has 0 amide bonds. The van der Waals surface area contributed by atoms with Gasteiger partial charge in [-0.25, -0.2) is 9.78 Å². The van der Waals surface area contributed by atoms with Gasteiger partial charge in [-0.15, -0.1) is 11.8 Å². The largest absolute Gasteiger partial charge is 0.476 e. The van der Waals surface area contributed by atoms with E-state index >= 15 is 0 Å². The zero-order chi connectivity index (χ0) is 15.4. The standard InChI is InChI=1S/C17H13NO3S/c19-17(20)15-14(11-22-13-9-5-2-6-10-13)21-16(18-15)12-7-3-1-4-8-12/h1-10H,11H2,(H,19,20). The van der Waals surface area contributed by atoms with E-state index in [-0.39, 0.29) is 5.69 Å². The Balaban J connectivity index is 1.86. The van der Waals surface area contributed by atoms with Crippen LogP contribution < -0.4 is 0 Å². The lowest BCUT2D eigenvalue weighted by molar-refractivity contribution is 0.0689. The molecule has 0 fully saturated rings. The summed E-state index contributed by atoms with van der Waals surface area (Å²) in [5, 5.41) is 9.29. The smallest absolute Gasteiger partial charge is 0.358 e. The summed E-state index contributed by atoms with van der Waals surface area (Å²) in [6.07, 6.45) is 0. The van der Waals surface area contributed by atoms with Gasteiger partial charge in [0.2, 0.25) is 5.89 Å². The van der Waals surface area contributed by atoms with E-state index in [1.54, 1.807) is 0 Å². The maximum atomic E-state index is 11.3. The number of carboxylic acids is 1. The highest BCUT2D eigenvalue weighted by molar-refractivity contribution is 7.98.